The van der Waals surface area contributed by atoms with Gasteiger partial charge in [-0.3, -0.25) is 4.99 Å². The molecule has 2 unspecified atom stereocenters. The molecule has 142 valence electrons. The molecule has 0 bridgehead atoms. The van der Waals surface area contributed by atoms with Crippen LogP contribution in [-0.2, 0) is 6.54 Å². The van der Waals surface area contributed by atoms with E-state index < -0.39 is 11.6 Å². The number of nitrogens with zero attached hydrogens (tertiary/aromatic N) is 3. The fraction of sp³-hybridized carbons (Fsp3) is 0.412. The molecule has 0 spiro atoms. The zero-order valence-corrected chi connectivity index (χ0v) is 17.9. The van der Waals surface area contributed by atoms with Gasteiger partial charge in [0.2, 0.25) is 0 Å². The van der Waals surface area contributed by atoms with Gasteiger partial charge < -0.3 is 15.5 Å². The van der Waals surface area contributed by atoms with E-state index in [1.165, 1.54) is 18.2 Å². The Kier molecular flexibility index (Phi) is 7.16. The maximum atomic E-state index is 13.8. The van der Waals surface area contributed by atoms with Crippen LogP contribution in [0.15, 0.2) is 28.6 Å². The van der Waals surface area contributed by atoms with Gasteiger partial charge in [0.1, 0.15) is 11.6 Å². The summed E-state index contributed by atoms with van der Waals surface area (Å²) in [4.78, 5) is 10.6. The molecule has 9 heteroatoms. The van der Waals surface area contributed by atoms with E-state index in [1.54, 1.807) is 18.4 Å². The molecule has 0 aliphatic heterocycles. The zero-order valence-electron chi connectivity index (χ0n) is 14.8. The second kappa shape index (κ2) is 8.94. The Morgan fingerprint density at radius 3 is 2.62 bits per heavy atom. The molecule has 1 aliphatic rings. The highest BCUT2D eigenvalue weighted by molar-refractivity contribution is 14.0. The minimum atomic E-state index is -0.490. The van der Waals surface area contributed by atoms with Crippen molar-refractivity contribution in [2.45, 2.75) is 24.9 Å². The molecular formula is C17H22F2IN5S. The highest BCUT2D eigenvalue weighted by Gasteiger charge is 2.42. The summed E-state index contributed by atoms with van der Waals surface area (Å²) in [5, 5.41) is 9.33. The monoisotopic (exact) mass is 493 g/mol. The smallest absolute Gasteiger partial charge is 0.191 e. The predicted molar refractivity (Wildman–Crippen MR) is 113 cm³/mol. The highest BCUT2D eigenvalue weighted by Crippen LogP contribution is 2.43. The molecule has 0 radical (unpaired) electrons. The third kappa shape index (κ3) is 4.81. The van der Waals surface area contributed by atoms with E-state index in [4.69, 9.17) is 0 Å². The predicted octanol–water partition coefficient (Wildman–Crippen LogP) is 3.33. The Bertz CT molecular complexity index is 760. The molecule has 2 aromatic rings. The number of benzene rings is 1. The van der Waals surface area contributed by atoms with Crippen LogP contribution in [0.5, 0.6) is 0 Å². The summed E-state index contributed by atoms with van der Waals surface area (Å²) in [6.07, 6.45) is 0.681. The number of rotatable bonds is 5. The fourth-order valence-corrected chi connectivity index (χ4v) is 3.42. The van der Waals surface area contributed by atoms with Gasteiger partial charge in [0.15, 0.2) is 11.1 Å². The average Bonchev–Trinajstić information content (AvgIpc) is 3.14. The number of hydrogen-bond donors (Lipinski definition) is 2. The molecule has 0 amide bonds. The number of hydrogen-bond acceptors (Lipinski definition) is 4. The van der Waals surface area contributed by atoms with Crippen LogP contribution >= 0.6 is 35.3 Å². The number of aromatic nitrogens is 1. The third-order valence-corrected chi connectivity index (χ3v) is 5.12. The molecule has 1 heterocycles. The first kappa shape index (κ1) is 20.8. The van der Waals surface area contributed by atoms with Crippen molar-refractivity contribution in [3.8, 4) is 0 Å². The summed E-state index contributed by atoms with van der Waals surface area (Å²) in [7, 11) is 5.57. The summed E-state index contributed by atoms with van der Waals surface area (Å²) < 4.78 is 27.7. The van der Waals surface area contributed by atoms with Crippen molar-refractivity contribution in [3.05, 3.63) is 46.5 Å². The van der Waals surface area contributed by atoms with Gasteiger partial charge in [-0.15, -0.1) is 35.3 Å². The lowest BCUT2D eigenvalue weighted by molar-refractivity contribution is 0.553. The molecule has 26 heavy (non-hydrogen) atoms. The van der Waals surface area contributed by atoms with Crippen LogP contribution in [0.3, 0.4) is 0 Å². The van der Waals surface area contributed by atoms with Crippen molar-refractivity contribution >= 4 is 46.4 Å². The van der Waals surface area contributed by atoms with Crippen LogP contribution in [0.25, 0.3) is 0 Å². The lowest BCUT2D eigenvalue weighted by Crippen LogP contribution is -2.38. The summed E-state index contributed by atoms with van der Waals surface area (Å²) in [6, 6.07) is 3.96. The number of anilines is 1. The molecule has 1 aromatic carbocycles. The summed E-state index contributed by atoms with van der Waals surface area (Å²) in [5.41, 5.74) is 1.08. The second-order valence-corrected chi connectivity index (χ2v) is 7.01. The SMILES string of the molecule is CN=C(NCc1csc(N(C)C)n1)NC1CC1c1c(F)cccc1F.I. The highest BCUT2D eigenvalue weighted by atomic mass is 127. The summed E-state index contributed by atoms with van der Waals surface area (Å²) >= 11 is 1.58. The van der Waals surface area contributed by atoms with E-state index >= 15 is 0 Å². The van der Waals surface area contributed by atoms with Crippen molar-refractivity contribution in [2.24, 2.45) is 4.99 Å². The Labute approximate surface area is 172 Å². The number of nitrogens with one attached hydrogen (secondary N) is 2. The third-order valence-electron chi connectivity index (χ3n) is 4.07. The van der Waals surface area contributed by atoms with Gasteiger partial charge in [0.25, 0.3) is 0 Å². The minimum Gasteiger partial charge on any atom is -0.354 e. The largest absolute Gasteiger partial charge is 0.354 e. The number of thiazole rings is 1. The van der Waals surface area contributed by atoms with Crippen molar-refractivity contribution < 1.29 is 8.78 Å². The molecule has 1 fully saturated rings. The van der Waals surface area contributed by atoms with Crippen molar-refractivity contribution in [3.63, 3.8) is 0 Å². The molecule has 5 nitrogen and oxygen atoms in total. The maximum Gasteiger partial charge on any atom is 0.191 e. The standard InChI is InChI=1S/C17H21F2N5S.HI/c1-20-16(21-8-10-9-25-17(22-10)24(2)3)23-14-7-11(14)15-12(18)5-4-6-13(15)19;/h4-6,9,11,14H,7-8H2,1-3H3,(H2,20,21,23);1H. The molecule has 3 rings (SSSR count). The first-order chi connectivity index (χ1) is 12.0. The molecule has 0 saturated heterocycles. The Morgan fingerprint density at radius 2 is 2.04 bits per heavy atom. The van der Waals surface area contributed by atoms with Crippen LogP contribution in [-0.4, -0.2) is 38.1 Å². The van der Waals surface area contributed by atoms with Gasteiger partial charge in [-0.05, 0) is 18.6 Å². The average molecular weight is 493 g/mol. The number of guanidine groups is 1. The normalized spacial score (nSPS) is 18.9. The Balaban J connectivity index is 0.00000243. The number of aliphatic imine (C=N–C) groups is 1. The van der Waals surface area contributed by atoms with Crippen LogP contribution in [0.1, 0.15) is 23.6 Å². The second-order valence-electron chi connectivity index (χ2n) is 6.17. The van der Waals surface area contributed by atoms with Gasteiger partial charge in [-0.25, -0.2) is 13.8 Å². The van der Waals surface area contributed by atoms with E-state index in [2.05, 4.69) is 20.6 Å². The first-order valence-corrected chi connectivity index (χ1v) is 8.90. The Hall–Kier alpha value is -1.49. The fourth-order valence-electron chi connectivity index (χ4n) is 2.67. The molecule has 2 N–H and O–H groups in total. The van der Waals surface area contributed by atoms with Gasteiger partial charge in [-0.1, -0.05) is 6.07 Å². The lowest BCUT2D eigenvalue weighted by atomic mass is 10.1. The van der Waals surface area contributed by atoms with Crippen LogP contribution in [0.4, 0.5) is 13.9 Å². The van der Waals surface area contributed by atoms with Crippen LogP contribution in [0.2, 0.25) is 0 Å². The topological polar surface area (TPSA) is 52.6 Å². The van der Waals surface area contributed by atoms with Gasteiger partial charge >= 0.3 is 0 Å². The van der Waals surface area contributed by atoms with E-state index in [9.17, 15) is 8.78 Å². The van der Waals surface area contributed by atoms with E-state index in [1.807, 2.05) is 24.4 Å². The zero-order chi connectivity index (χ0) is 18.0. The van der Waals surface area contributed by atoms with Gasteiger partial charge in [0.05, 0.1) is 12.2 Å². The molecule has 1 aliphatic carbocycles. The number of halogens is 3. The van der Waals surface area contributed by atoms with E-state index in [0.717, 1.165) is 10.8 Å². The molecule has 1 saturated carbocycles. The van der Waals surface area contributed by atoms with Crippen molar-refractivity contribution in [2.75, 3.05) is 26.0 Å². The minimum absolute atomic E-state index is 0. The van der Waals surface area contributed by atoms with Crippen LogP contribution in [0, 0.1) is 11.6 Å². The molecular weight excluding hydrogens is 471 g/mol. The summed E-state index contributed by atoms with van der Waals surface area (Å²) in [6.45, 7) is 0.537. The summed E-state index contributed by atoms with van der Waals surface area (Å²) in [5.74, 6) is -0.546. The van der Waals surface area contributed by atoms with E-state index in [-0.39, 0.29) is 41.5 Å². The first-order valence-electron chi connectivity index (χ1n) is 8.02. The van der Waals surface area contributed by atoms with Crippen molar-refractivity contribution in [1.29, 1.82) is 0 Å². The van der Waals surface area contributed by atoms with E-state index in [0.29, 0.717) is 18.9 Å². The molecule has 1 aromatic heterocycles. The quantitative estimate of drug-likeness (QED) is 0.382. The molecule has 2 atom stereocenters. The maximum absolute atomic E-state index is 13.8. The van der Waals surface area contributed by atoms with Crippen molar-refractivity contribution in [1.82, 2.24) is 15.6 Å². The van der Waals surface area contributed by atoms with Gasteiger partial charge in [-0.2, -0.15) is 0 Å². The van der Waals surface area contributed by atoms with Gasteiger partial charge in [0, 0.05) is 44.0 Å². The van der Waals surface area contributed by atoms with Crippen LogP contribution < -0.4 is 15.5 Å². The lowest BCUT2D eigenvalue weighted by Gasteiger charge is -2.11. The Morgan fingerprint density at radius 1 is 1.35 bits per heavy atom.